The smallest absolute Gasteiger partial charge is 0.236 e. The first-order chi connectivity index (χ1) is 10.2. The Morgan fingerprint density at radius 1 is 0.905 bits per heavy atom. The quantitative estimate of drug-likeness (QED) is 0.654. The number of hydrogen-bond donors (Lipinski definition) is 0. The van der Waals surface area contributed by atoms with Crippen LogP contribution < -0.4 is 4.74 Å². The zero-order valence-electron chi connectivity index (χ0n) is 12.3. The van der Waals surface area contributed by atoms with Crippen molar-refractivity contribution in [2.24, 2.45) is 7.05 Å². The van der Waals surface area contributed by atoms with Crippen molar-refractivity contribution in [2.75, 3.05) is 0 Å². The van der Waals surface area contributed by atoms with Gasteiger partial charge in [-0.05, 0) is 23.3 Å². The van der Waals surface area contributed by atoms with Crippen molar-refractivity contribution in [3.63, 3.8) is 0 Å². The van der Waals surface area contributed by atoms with Crippen molar-refractivity contribution in [2.45, 2.75) is 6.92 Å². The molecular weight excluding hydrogens is 258 g/mol. The van der Waals surface area contributed by atoms with E-state index in [1.165, 1.54) is 11.1 Å². The van der Waals surface area contributed by atoms with Crippen molar-refractivity contribution in [3.05, 3.63) is 77.5 Å². The first-order valence-electron chi connectivity index (χ1n) is 7.03. The van der Waals surface area contributed by atoms with Gasteiger partial charge in [-0.25, -0.2) is 4.52 Å². The highest BCUT2D eigenvalue weighted by Crippen LogP contribution is 2.19. The molecule has 3 aromatic rings. The fraction of sp³-hybridized carbons (Fsp3) is 0.105. The molecule has 3 rings (SSSR count). The molecule has 0 saturated heterocycles. The second-order valence-electron chi connectivity index (χ2n) is 5.13. The van der Waals surface area contributed by atoms with Gasteiger partial charge in [-0.15, -0.1) is 0 Å². The maximum Gasteiger partial charge on any atom is 0.255 e. The third-order valence-corrected chi connectivity index (χ3v) is 3.46. The molecule has 1 heterocycles. The van der Waals surface area contributed by atoms with E-state index in [1.807, 2.05) is 37.4 Å². The van der Waals surface area contributed by atoms with Crippen LogP contribution in [-0.4, -0.2) is 0 Å². The minimum Gasteiger partial charge on any atom is -0.236 e. The lowest BCUT2D eigenvalue weighted by atomic mass is 10.1. The molecule has 2 heteroatoms. The van der Waals surface area contributed by atoms with E-state index >= 15 is 0 Å². The number of nitrogens with zero attached hydrogens (tertiary/aromatic N) is 1. The minimum atomic E-state index is 0.877. The highest BCUT2D eigenvalue weighted by Gasteiger charge is 2.14. The van der Waals surface area contributed by atoms with Gasteiger partial charge in [0.25, 0.3) is 5.69 Å². The van der Waals surface area contributed by atoms with Gasteiger partial charge in [0.2, 0.25) is 5.76 Å². The molecule has 1 aromatic heterocycles. The van der Waals surface area contributed by atoms with Crippen molar-refractivity contribution in [1.29, 1.82) is 0 Å². The summed E-state index contributed by atoms with van der Waals surface area (Å²) in [7, 11) is 1.92. The summed E-state index contributed by atoms with van der Waals surface area (Å²) in [6, 6.07) is 20.6. The summed E-state index contributed by atoms with van der Waals surface area (Å²) in [5.41, 5.74) is 4.58. The van der Waals surface area contributed by atoms with Crippen LogP contribution in [0.15, 0.2) is 65.2 Å². The van der Waals surface area contributed by atoms with E-state index in [0.29, 0.717) is 0 Å². The highest BCUT2D eigenvalue weighted by molar-refractivity contribution is 5.69. The second-order valence-corrected chi connectivity index (χ2v) is 5.13. The van der Waals surface area contributed by atoms with Crippen LogP contribution in [-0.2, 0) is 7.05 Å². The van der Waals surface area contributed by atoms with Gasteiger partial charge in [-0.1, -0.05) is 60.2 Å². The zero-order valence-corrected chi connectivity index (χ0v) is 12.3. The summed E-state index contributed by atoms with van der Waals surface area (Å²) in [4.78, 5) is 0. The monoisotopic (exact) mass is 276 g/mol. The predicted molar refractivity (Wildman–Crippen MR) is 85.4 cm³/mol. The Hall–Kier alpha value is -2.61. The van der Waals surface area contributed by atoms with Crippen molar-refractivity contribution >= 4 is 12.2 Å². The third kappa shape index (κ3) is 3.11. The molecule has 0 unspecified atom stereocenters. The van der Waals surface area contributed by atoms with E-state index in [4.69, 9.17) is 4.52 Å². The second kappa shape index (κ2) is 5.80. The van der Waals surface area contributed by atoms with Crippen molar-refractivity contribution < 1.29 is 9.26 Å². The Kier molecular flexibility index (Phi) is 3.69. The average molecular weight is 276 g/mol. The molecule has 0 fully saturated rings. The Morgan fingerprint density at radius 2 is 1.62 bits per heavy atom. The van der Waals surface area contributed by atoms with Gasteiger partial charge >= 0.3 is 0 Å². The molecule has 0 aliphatic rings. The molecule has 0 aliphatic carbocycles. The molecule has 2 aromatic carbocycles. The molecule has 0 spiro atoms. The van der Waals surface area contributed by atoms with Crippen molar-refractivity contribution in [1.82, 2.24) is 0 Å². The standard InChI is InChI=1S/C19H18NO/c1-15-8-10-16(11-9-15)12-13-18-14-19(21-20(18)2)17-6-4-3-5-7-17/h3-14H,1-2H3/q+1. The Labute approximate surface area is 124 Å². The lowest BCUT2D eigenvalue weighted by molar-refractivity contribution is -0.844. The van der Waals surface area contributed by atoms with E-state index in [-0.39, 0.29) is 0 Å². The maximum absolute atomic E-state index is 5.77. The fourth-order valence-corrected chi connectivity index (χ4v) is 2.20. The van der Waals surface area contributed by atoms with Crippen LogP contribution in [0.5, 0.6) is 0 Å². The van der Waals surface area contributed by atoms with E-state index in [0.717, 1.165) is 17.0 Å². The molecule has 0 amide bonds. The van der Waals surface area contributed by atoms with Gasteiger partial charge in [-0.2, -0.15) is 0 Å². The molecule has 2 nitrogen and oxygen atoms in total. The van der Waals surface area contributed by atoms with Gasteiger partial charge in [0.1, 0.15) is 0 Å². The van der Waals surface area contributed by atoms with E-state index < -0.39 is 0 Å². The van der Waals surface area contributed by atoms with Crippen LogP contribution in [0.4, 0.5) is 0 Å². The SMILES string of the molecule is Cc1ccc(C=Cc2cc(-c3ccccc3)o[n+]2C)cc1. The van der Waals surface area contributed by atoms with E-state index in [1.54, 1.807) is 4.74 Å². The van der Waals surface area contributed by atoms with Crippen LogP contribution in [0.25, 0.3) is 23.5 Å². The Bertz CT molecular complexity index is 752. The number of hydrogen-bond acceptors (Lipinski definition) is 1. The molecule has 0 N–H and O–H groups in total. The predicted octanol–water partition coefficient (Wildman–Crippen LogP) is 4.25. The van der Waals surface area contributed by atoms with Crippen molar-refractivity contribution in [3.8, 4) is 11.3 Å². The third-order valence-electron chi connectivity index (χ3n) is 3.46. The lowest BCUT2D eigenvalue weighted by Crippen LogP contribution is -2.27. The number of aromatic nitrogens is 1. The van der Waals surface area contributed by atoms with Crippen LogP contribution in [0, 0.1) is 6.92 Å². The largest absolute Gasteiger partial charge is 0.255 e. The lowest BCUT2D eigenvalue weighted by Gasteiger charge is -1.93. The summed E-state index contributed by atoms with van der Waals surface area (Å²) < 4.78 is 7.56. The van der Waals surface area contributed by atoms with Crippen LogP contribution in [0.2, 0.25) is 0 Å². The normalized spacial score (nSPS) is 11.1. The maximum atomic E-state index is 5.77. The average Bonchev–Trinajstić information content (AvgIpc) is 2.89. The summed E-state index contributed by atoms with van der Waals surface area (Å²) in [5.74, 6) is 0.877. The van der Waals surface area contributed by atoms with Gasteiger partial charge < -0.3 is 0 Å². The molecule has 0 bridgehead atoms. The van der Waals surface area contributed by atoms with E-state index in [9.17, 15) is 0 Å². The van der Waals surface area contributed by atoms with Crippen LogP contribution in [0.1, 0.15) is 16.8 Å². The van der Waals surface area contributed by atoms with Gasteiger partial charge in [0.15, 0.2) is 7.05 Å². The molecular formula is C19H18NO+. The van der Waals surface area contributed by atoms with E-state index in [2.05, 4.69) is 49.4 Å². The highest BCUT2D eigenvalue weighted by atomic mass is 16.5. The van der Waals surface area contributed by atoms with Crippen LogP contribution >= 0.6 is 0 Å². The first-order valence-corrected chi connectivity index (χ1v) is 7.03. The van der Waals surface area contributed by atoms with Gasteiger partial charge in [-0.3, -0.25) is 0 Å². The fourth-order valence-electron chi connectivity index (χ4n) is 2.20. The Balaban J connectivity index is 1.86. The molecule has 104 valence electrons. The topological polar surface area (TPSA) is 17.0 Å². The molecule has 0 radical (unpaired) electrons. The molecule has 0 atom stereocenters. The molecule has 0 saturated carbocycles. The number of aryl methyl sites for hydroxylation is 2. The summed E-state index contributed by atoms with van der Waals surface area (Å²) in [5, 5.41) is 0. The molecule has 21 heavy (non-hydrogen) atoms. The molecule has 0 aliphatic heterocycles. The zero-order chi connectivity index (χ0) is 14.7. The number of benzene rings is 2. The van der Waals surface area contributed by atoms with Crippen LogP contribution in [0.3, 0.4) is 0 Å². The van der Waals surface area contributed by atoms with Gasteiger partial charge in [0, 0.05) is 11.6 Å². The Morgan fingerprint density at radius 3 is 2.33 bits per heavy atom. The van der Waals surface area contributed by atoms with Gasteiger partial charge in [0.05, 0.1) is 6.07 Å². The summed E-state index contributed by atoms with van der Waals surface area (Å²) >= 11 is 0. The first kappa shape index (κ1) is 13.4. The minimum absolute atomic E-state index is 0.877. The summed E-state index contributed by atoms with van der Waals surface area (Å²) in [6.07, 6.45) is 4.17. The number of rotatable bonds is 3. The summed E-state index contributed by atoms with van der Waals surface area (Å²) in [6.45, 7) is 2.09.